The summed E-state index contributed by atoms with van der Waals surface area (Å²) in [6.45, 7) is 1.15. The molecule has 4 atom stereocenters. The van der Waals surface area contributed by atoms with E-state index in [1.165, 1.54) is 0 Å². The van der Waals surface area contributed by atoms with Gasteiger partial charge in [-0.05, 0) is 79.7 Å². The Kier molecular flexibility index (Phi) is 10.4. The first kappa shape index (κ1) is 38.5. The van der Waals surface area contributed by atoms with Crippen molar-refractivity contribution in [2.24, 2.45) is 0 Å². The number of rotatable bonds is 11. The average Bonchev–Trinajstić information content (AvgIpc) is 4.13. The molecule has 304 valence electrons. The zero-order valence-electron chi connectivity index (χ0n) is 33.3. The fourth-order valence-corrected chi connectivity index (χ4v) is 8.68. The van der Waals surface area contributed by atoms with Crippen LogP contribution in [0.25, 0.3) is 44.6 Å². The molecule has 3 amide bonds. The normalized spacial score (nSPS) is 17.6. The van der Waals surface area contributed by atoms with E-state index in [0.717, 1.165) is 70.5 Å². The Bertz CT molecular complexity index is 2630. The number of fused-ring (bicyclic) bond motifs is 1. The molecule has 14 heteroatoms. The molecule has 0 aliphatic carbocycles. The zero-order chi connectivity index (χ0) is 41.3. The molecule has 4 aromatic carbocycles. The molecule has 2 aliphatic rings. The summed E-state index contributed by atoms with van der Waals surface area (Å²) in [5.74, 6) is 1.11. The lowest BCUT2D eigenvalue weighted by atomic mass is 10.0. The van der Waals surface area contributed by atoms with E-state index in [1.807, 2.05) is 72.6 Å². The van der Waals surface area contributed by atoms with E-state index in [0.29, 0.717) is 35.8 Å². The molecule has 1 unspecified atom stereocenters. The Labute approximate surface area is 346 Å². The number of amides is 3. The number of likely N-dealkylation sites (N-methyl/N-ethyl adjacent to an activating group) is 1. The van der Waals surface area contributed by atoms with E-state index in [9.17, 15) is 19.5 Å². The number of benzene rings is 4. The van der Waals surface area contributed by atoms with Crippen molar-refractivity contribution in [3.63, 3.8) is 0 Å². The number of carbonyl (C=O) groups is 3. The third-order valence-electron chi connectivity index (χ3n) is 11.7. The predicted molar refractivity (Wildman–Crippen MR) is 225 cm³/mol. The minimum absolute atomic E-state index is 0.0280. The minimum atomic E-state index is -1.25. The molecular weight excluding hydrogens is 759 g/mol. The van der Waals surface area contributed by atoms with Crippen LogP contribution < -0.4 is 5.32 Å². The highest BCUT2D eigenvalue weighted by Gasteiger charge is 2.40. The number of hydrogen-bond donors (Lipinski definition) is 4. The Balaban J connectivity index is 0.865. The highest BCUT2D eigenvalue weighted by molar-refractivity contribution is 5.90. The molecule has 0 radical (unpaired) electrons. The highest BCUT2D eigenvalue weighted by atomic mass is 16.5. The van der Waals surface area contributed by atoms with Crippen LogP contribution in [0, 0.1) is 0 Å². The SMILES string of the molecule is CN(C)C(C(=O)N1CCC[C@H]1c1ncc(-c2ccc(-c3ccc(-c4cnc([C@@H]5CCCN5C(=O)[C@H](NC(=O)O)c5ccccc5)[nH]4)cc3)cc2)[nH]1)c1noc2ccccc12. The molecule has 14 nitrogen and oxygen atoms in total. The molecule has 0 spiro atoms. The Morgan fingerprint density at radius 3 is 1.78 bits per heavy atom. The van der Waals surface area contributed by atoms with Gasteiger partial charge in [-0.25, -0.2) is 14.8 Å². The van der Waals surface area contributed by atoms with Crippen molar-refractivity contribution in [3.8, 4) is 33.6 Å². The number of hydrogen-bond acceptors (Lipinski definition) is 8. The molecule has 9 rings (SSSR count). The third-order valence-corrected chi connectivity index (χ3v) is 11.7. The lowest BCUT2D eigenvalue weighted by Gasteiger charge is -2.30. The first-order valence-corrected chi connectivity index (χ1v) is 20.2. The lowest BCUT2D eigenvalue weighted by molar-refractivity contribution is -0.137. The maximum atomic E-state index is 14.2. The number of carboxylic acid groups (broad SMARTS) is 1. The van der Waals surface area contributed by atoms with Gasteiger partial charge in [0.1, 0.15) is 29.4 Å². The maximum absolute atomic E-state index is 14.2. The van der Waals surface area contributed by atoms with E-state index < -0.39 is 18.2 Å². The number of carbonyl (C=O) groups excluding carboxylic acids is 2. The smallest absolute Gasteiger partial charge is 0.405 e. The molecule has 0 bridgehead atoms. The van der Waals surface area contributed by atoms with Gasteiger partial charge in [0, 0.05) is 18.5 Å². The van der Waals surface area contributed by atoms with Crippen LogP contribution in [0.3, 0.4) is 0 Å². The summed E-state index contributed by atoms with van der Waals surface area (Å²) < 4.78 is 5.57. The maximum Gasteiger partial charge on any atom is 0.405 e. The molecular formula is C46H45N9O5. The average molecular weight is 804 g/mol. The van der Waals surface area contributed by atoms with Crippen molar-refractivity contribution in [1.29, 1.82) is 0 Å². The van der Waals surface area contributed by atoms with Gasteiger partial charge in [0.05, 0.1) is 35.9 Å². The molecule has 2 saturated heterocycles. The molecule has 60 heavy (non-hydrogen) atoms. The summed E-state index contributed by atoms with van der Waals surface area (Å²) >= 11 is 0. The van der Waals surface area contributed by atoms with Crippen molar-refractivity contribution in [2.75, 3.05) is 27.2 Å². The van der Waals surface area contributed by atoms with Gasteiger partial charge in [0.15, 0.2) is 5.58 Å². The third kappa shape index (κ3) is 7.41. The van der Waals surface area contributed by atoms with Crippen molar-refractivity contribution in [2.45, 2.75) is 49.9 Å². The van der Waals surface area contributed by atoms with Gasteiger partial charge in [0.25, 0.3) is 5.91 Å². The number of aromatic amines is 2. The summed E-state index contributed by atoms with van der Waals surface area (Å²) in [5, 5.41) is 17.1. The van der Waals surface area contributed by atoms with Crippen LogP contribution in [0.1, 0.15) is 72.8 Å². The van der Waals surface area contributed by atoms with E-state index in [2.05, 4.69) is 61.8 Å². The molecule has 5 heterocycles. The van der Waals surface area contributed by atoms with Crippen LogP contribution in [0.15, 0.2) is 120 Å². The monoisotopic (exact) mass is 803 g/mol. The standard InChI is InChI=1S/C46H45N9O5/c1-53(2)41(40-33-12-6-7-15-38(33)60-52-40)45(57)55-25-9-14-37(55)43-48-27-35(50-43)31-22-18-29(19-23-31)28-16-20-30(21-17-28)34-26-47-42(49-34)36-13-8-24-54(36)44(56)39(51-46(58)59)32-10-4-3-5-11-32/h3-7,10-12,15-23,26-27,36-37,39,41,51H,8-9,13-14,24-25H2,1-2H3,(H,47,49)(H,48,50)(H,58,59)/t36-,37-,39+,41?/m0/s1. The number of para-hydroxylation sites is 1. The van der Waals surface area contributed by atoms with Crippen LogP contribution >= 0.6 is 0 Å². The van der Waals surface area contributed by atoms with Crippen molar-refractivity contribution in [3.05, 3.63) is 138 Å². The second-order valence-electron chi connectivity index (χ2n) is 15.6. The summed E-state index contributed by atoms with van der Waals surface area (Å²) in [6.07, 6.45) is 5.57. The summed E-state index contributed by atoms with van der Waals surface area (Å²) in [5.41, 5.74) is 7.62. The fourth-order valence-electron chi connectivity index (χ4n) is 8.68. The van der Waals surface area contributed by atoms with Gasteiger partial charge in [-0.3, -0.25) is 14.5 Å². The Hall–Kier alpha value is -7.06. The van der Waals surface area contributed by atoms with E-state index in [1.54, 1.807) is 35.4 Å². The second-order valence-corrected chi connectivity index (χ2v) is 15.6. The van der Waals surface area contributed by atoms with Crippen molar-refractivity contribution < 1.29 is 24.0 Å². The number of nitrogens with one attached hydrogen (secondary N) is 3. The molecule has 3 aromatic heterocycles. The molecule has 2 fully saturated rings. The molecule has 2 aliphatic heterocycles. The van der Waals surface area contributed by atoms with Gasteiger partial charge in [0.2, 0.25) is 5.91 Å². The first-order valence-electron chi connectivity index (χ1n) is 20.2. The highest BCUT2D eigenvalue weighted by Crippen LogP contribution is 2.38. The van der Waals surface area contributed by atoms with Crippen molar-refractivity contribution >= 4 is 28.9 Å². The predicted octanol–water partition coefficient (Wildman–Crippen LogP) is 7.91. The van der Waals surface area contributed by atoms with Crippen LogP contribution in [0.5, 0.6) is 0 Å². The van der Waals surface area contributed by atoms with E-state index in [-0.39, 0.29) is 23.9 Å². The van der Waals surface area contributed by atoms with Crippen LogP contribution in [-0.4, -0.2) is 90.0 Å². The van der Waals surface area contributed by atoms with Gasteiger partial charge in [-0.1, -0.05) is 96.2 Å². The first-order chi connectivity index (χ1) is 29.2. The number of aromatic nitrogens is 5. The topological polar surface area (TPSA) is 177 Å². The second kappa shape index (κ2) is 16.3. The van der Waals surface area contributed by atoms with Gasteiger partial charge in [-0.15, -0.1) is 0 Å². The quantitative estimate of drug-likeness (QED) is 0.101. The number of H-pyrrole nitrogens is 2. The number of likely N-dealkylation sites (tertiary alicyclic amines) is 2. The van der Waals surface area contributed by atoms with E-state index in [4.69, 9.17) is 9.51 Å². The summed E-state index contributed by atoms with van der Waals surface area (Å²) in [6, 6.07) is 31.0. The van der Waals surface area contributed by atoms with Crippen molar-refractivity contribution in [1.82, 2.24) is 45.1 Å². The summed E-state index contributed by atoms with van der Waals surface area (Å²) in [4.78, 5) is 61.5. The minimum Gasteiger partial charge on any atom is -0.465 e. The Morgan fingerprint density at radius 1 is 0.717 bits per heavy atom. The fraction of sp³-hybridized carbons (Fsp3) is 0.261. The lowest BCUT2D eigenvalue weighted by Crippen LogP contribution is -2.42. The largest absolute Gasteiger partial charge is 0.465 e. The molecule has 4 N–H and O–H groups in total. The molecule has 0 saturated carbocycles. The zero-order valence-corrected chi connectivity index (χ0v) is 33.3. The van der Waals surface area contributed by atoms with Crippen LogP contribution in [-0.2, 0) is 9.59 Å². The van der Waals surface area contributed by atoms with Crippen LogP contribution in [0.4, 0.5) is 4.79 Å². The number of imidazole rings is 2. The summed E-state index contributed by atoms with van der Waals surface area (Å²) in [7, 11) is 3.78. The van der Waals surface area contributed by atoms with Crippen LogP contribution in [0.2, 0.25) is 0 Å². The van der Waals surface area contributed by atoms with Gasteiger partial charge in [-0.2, -0.15) is 0 Å². The Morgan fingerprint density at radius 2 is 1.23 bits per heavy atom. The van der Waals surface area contributed by atoms with Gasteiger partial charge < -0.3 is 34.7 Å². The number of nitrogens with zero attached hydrogens (tertiary/aromatic N) is 6. The van der Waals surface area contributed by atoms with Gasteiger partial charge >= 0.3 is 6.09 Å². The molecule has 7 aromatic rings. The van der Waals surface area contributed by atoms with E-state index >= 15 is 0 Å².